The molecule has 0 bridgehead atoms. The van der Waals surface area contributed by atoms with E-state index in [4.69, 9.17) is 0 Å². The van der Waals surface area contributed by atoms with Crippen LogP contribution in [0.2, 0.25) is 0 Å². The predicted molar refractivity (Wildman–Crippen MR) is 90.0 cm³/mol. The van der Waals surface area contributed by atoms with E-state index in [9.17, 15) is 22.8 Å². The number of thiazole rings is 1. The first kappa shape index (κ1) is 18.3. The number of rotatable bonds is 5. The van der Waals surface area contributed by atoms with Crippen LogP contribution in [-0.4, -0.2) is 45.7 Å². The molecule has 0 spiro atoms. The number of thiophene rings is 1. The van der Waals surface area contributed by atoms with E-state index in [2.05, 4.69) is 15.4 Å². The Labute approximate surface area is 152 Å². The van der Waals surface area contributed by atoms with Crippen LogP contribution in [0.1, 0.15) is 5.69 Å². The molecule has 0 atom stereocenters. The van der Waals surface area contributed by atoms with Gasteiger partial charge in [0.15, 0.2) is 5.82 Å². The van der Waals surface area contributed by atoms with Crippen molar-refractivity contribution in [3.8, 4) is 10.7 Å². The molecular weight excluding hydrogens is 391 g/mol. The number of nitrogens with one attached hydrogen (secondary N) is 2. The zero-order valence-corrected chi connectivity index (χ0v) is 14.7. The molecule has 0 aliphatic rings. The van der Waals surface area contributed by atoms with Gasteiger partial charge in [-0.25, -0.2) is 4.52 Å². The highest BCUT2D eigenvalue weighted by Crippen LogP contribution is 2.24. The van der Waals surface area contributed by atoms with E-state index in [1.54, 1.807) is 4.52 Å². The second-order valence-corrected chi connectivity index (χ2v) is 6.92. The largest absolute Gasteiger partial charge is 0.405 e. The van der Waals surface area contributed by atoms with Crippen LogP contribution in [0.15, 0.2) is 22.9 Å². The summed E-state index contributed by atoms with van der Waals surface area (Å²) in [5, 5.41) is 12.0. The zero-order chi connectivity index (χ0) is 18.7. The van der Waals surface area contributed by atoms with Crippen molar-refractivity contribution >= 4 is 39.4 Å². The topological polar surface area (TPSA) is 88.4 Å². The summed E-state index contributed by atoms with van der Waals surface area (Å²) < 4.78 is 37.7. The summed E-state index contributed by atoms with van der Waals surface area (Å²) in [6.45, 7) is -1.47. The molecule has 0 unspecified atom stereocenters. The van der Waals surface area contributed by atoms with E-state index in [-0.39, 0.29) is 6.54 Å². The average molecular weight is 403 g/mol. The van der Waals surface area contributed by atoms with Crippen LogP contribution in [0.4, 0.5) is 13.2 Å². The van der Waals surface area contributed by atoms with Gasteiger partial charge in [0.25, 0.3) is 0 Å². The summed E-state index contributed by atoms with van der Waals surface area (Å²) in [5.41, 5.74) is 0.774. The molecule has 3 aromatic rings. The molecule has 0 radical (unpaired) electrons. The standard InChI is InChI=1S/C14H12F3N5O2S2/c15-14(16,17)7-19-12(24)11(23)18-4-3-8-6-26-13-20-10(21-22(8)13)9-2-1-5-25-9/h1-2,5-6H,3-4,7H2,(H,18,23)(H,19,24). The molecule has 7 nitrogen and oxygen atoms in total. The van der Waals surface area contributed by atoms with Gasteiger partial charge in [-0.05, 0) is 11.4 Å². The quantitative estimate of drug-likeness (QED) is 0.637. The van der Waals surface area contributed by atoms with Gasteiger partial charge < -0.3 is 10.6 Å². The van der Waals surface area contributed by atoms with Gasteiger partial charge in [-0.2, -0.15) is 18.2 Å². The molecule has 3 aromatic heterocycles. The van der Waals surface area contributed by atoms with E-state index in [1.807, 2.05) is 22.9 Å². The van der Waals surface area contributed by atoms with Crippen LogP contribution in [-0.2, 0) is 16.0 Å². The Kier molecular flexibility index (Phi) is 5.23. The minimum absolute atomic E-state index is 0.0816. The molecule has 3 heterocycles. The Hall–Kier alpha value is -2.47. The summed E-state index contributed by atoms with van der Waals surface area (Å²) in [4.78, 5) is 28.8. The first-order chi connectivity index (χ1) is 12.3. The fraction of sp³-hybridized carbons (Fsp3) is 0.286. The molecule has 2 amide bonds. The lowest BCUT2D eigenvalue weighted by molar-refractivity contribution is -0.146. The number of halogens is 3. The smallest absolute Gasteiger partial charge is 0.347 e. The number of carbonyl (C=O) groups excluding carboxylic acids is 2. The number of nitrogens with zero attached hydrogens (tertiary/aromatic N) is 3. The Morgan fingerprint density at radius 1 is 1.19 bits per heavy atom. The molecule has 2 N–H and O–H groups in total. The summed E-state index contributed by atoms with van der Waals surface area (Å²) in [5.74, 6) is -1.83. The molecule has 3 rings (SSSR count). The van der Waals surface area contributed by atoms with Crippen molar-refractivity contribution in [1.29, 1.82) is 0 Å². The number of alkyl halides is 3. The van der Waals surface area contributed by atoms with Crippen LogP contribution >= 0.6 is 22.7 Å². The molecule has 0 fully saturated rings. The Morgan fingerprint density at radius 2 is 1.96 bits per heavy atom. The van der Waals surface area contributed by atoms with Crippen LogP contribution in [0.5, 0.6) is 0 Å². The monoisotopic (exact) mass is 403 g/mol. The van der Waals surface area contributed by atoms with Gasteiger partial charge in [-0.3, -0.25) is 9.59 Å². The van der Waals surface area contributed by atoms with Crippen molar-refractivity contribution in [2.75, 3.05) is 13.1 Å². The summed E-state index contributed by atoms with van der Waals surface area (Å²) in [7, 11) is 0. The third kappa shape index (κ3) is 4.38. The molecule has 0 aromatic carbocycles. The lowest BCUT2D eigenvalue weighted by atomic mass is 10.3. The molecule has 12 heteroatoms. The maximum absolute atomic E-state index is 12.0. The normalized spacial score (nSPS) is 11.7. The van der Waals surface area contributed by atoms with E-state index in [1.165, 1.54) is 28.0 Å². The summed E-state index contributed by atoms with van der Waals surface area (Å²) >= 11 is 2.90. The number of fused-ring (bicyclic) bond motifs is 1. The summed E-state index contributed by atoms with van der Waals surface area (Å²) in [6, 6.07) is 3.80. The first-order valence-electron chi connectivity index (χ1n) is 7.33. The lowest BCUT2D eigenvalue weighted by Gasteiger charge is -2.08. The zero-order valence-electron chi connectivity index (χ0n) is 13.0. The van der Waals surface area contributed by atoms with Crippen molar-refractivity contribution in [1.82, 2.24) is 25.2 Å². The van der Waals surface area contributed by atoms with Gasteiger partial charge in [-0.15, -0.1) is 27.8 Å². The maximum Gasteiger partial charge on any atom is 0.405 e. The highest BCUT2D eigenvalue weighted by molar-refractivity contribution is 7.15. The minimum atomic E-state index is -4.56. The van der Waals surface area contributed by atoms with Gasteiger partial charge in [-0.1, -0.05) is 6.07 Å². The number of aromatic nitrogens is 3. The van der Waals surface area contributed by atoms with E-state index >= 15 is 0 Å². The average Bonchev–Trinajstić information content (AvgIpc) is 3.28. The van der Waals surface area contributed by atoms with Crippen molar-refractivity contribution in [2.24, 2.45) is 0 Å². The van der Waals surface area contributed by atoms with E-state index in [0.717, 1.165) is 10.6 Å². The van der Waals surface area contributed by atoms with Crippen molar-refractivity contribution in [2.45, 2.75) is 12.6 Å². The maximum atomic E-state index is 12.0. The van der Waals surface area contributed by atoms with E-state index < -0.39 is 24.5 Å². The van der Waals surface area contributed by atoms with Crippen molar-refractivity contribution in [3.63, 3.8) is 0 Å². The van der Waals surface area contributed by atoms with Crippen molar-refractivity contribution in [3.05, 3.63) is 28.6 Å². The number of carbonyl (C=O) groups is 2. The molecular formula is C14H12F3N5O2S2. The predicted octanol–water partition coefficient (Wildman–Crippen LogP) is 1.86. The molecule has 26 heavy (non-hydrogen) atoms. The van der Waals surface area contributed by atoms with Crippen LogP contribution < -0.4 is 10.6 Å². The summed E-state index contributed by atoms with van der Waals surface area (Å²) in [6.07, 6.45) is -4.21. The van der Waals surface area contributed by atoms with Gasteiger partial charge in [0.05, 0.1) is 10.6 Å². The van der Waals surface area contributed by atoms with Gasteiger partial charge >= 0.3 is 18.0 Å². The molecule has 0 saturated heterocycles. The Bertz CT molecular complexity index is 917. The highest BCUT2D eigenvalue weighted by atomic mass is 32.1. The lowest BCUT2D eigenvalue weighted by Crippen LogP contribution is -2.44. The van der Waals surface area contributed by atoms with Crippen LogP contribution in [0, 0.1) is 0 Å². The fourth-order valence-corrected chi connectivity index (χ4v) is 3.56. The fourth-order valence-electron chi connectivity index (χ4n) is 2.05. The molecule has 138 valence electrons. The van der Waals surface area contributed by atoms with Crippen molar-refractivity contribution < 1.29 is 22.8 Å². The van der Waals surface area contributed by atoms with Gasteiger partial charge in [0.1, 0.15) is 6.54 Å². The first-order valence-corrected chi connectivity index (χ1v) is 9.09. The number of hydrogen-bond donors (Lipinski definition) is 2. The minimum Gasteiger partial charge on any atom is -0.347 e. The Morgan fingerprint density at radius 3 is 2.65 bits per heavy atom. The van der Waals surface area contributed by atoms with Gasteiger partial charge in [0, 0.05) is 18.3 Å². The molecule has 0 aliphatic carbocycles. The SMILES string of the molecule is O=C(NCCc1csc2nc(-c3cccs3)nn12)C(=O)NCC(F)(F)F. The highest BCUT2D eigenvalue weighted by Gasteiger charge is 2.29. The van der Waals surface area contributed by atoms with Gasteiger partial charge in [0.2, 0.25) is 4.96 Å². The third-order valence-electron chi connectivity index (χ3n) is 3.21. The van der Waals surface area contributed by atoms with E-state index in [0.29, 0.717) is 17.2 Å². The molecule has 0 aliphatic heterocycles. The van der Waals surface area contributed by atoms with Crippen LogP contribution in [0.3, 0.4) is 0 Å². The number of amides is 2. The molecule has 0 saturated carbocycles. The number of hydrogen-bond acceptors (Lipinski definition) is 6. The second-order valence-electron chi connectivity index (χ2n) is 5.14. The van der Waals surface area contributed by atoms with Crippen LogP contribution in [0.25, 0.3) is 15.7 Å². The third-order valence-corrected chi connectivity index (χ3v) is 4.94. The second kappa shape index (κ2) is 7.41. The Balaban J connectivity index is 1.55.